The molecule has 0 bridgehead atoms. The summed E-state index contributed by atoms with van der Waals surface area (Å²) in [6.45, 7) is 2.65. The summed E-state index contributed by atoms with van der Waals surface area (Å²) >= 11 is 0. The molecule has 4 aromatic rings. The lowest BCUT2D eigenvalue weighted by Crippen LogP contribution is -2.23. The summed E-state index contributed by atoms with van der Waals surface area (Å²) in [5.74, 6) is 1.90. The molecule has 1 aliphatic carbocycles. The van der Waals surface area contributed by atoms with Crippen LogP contribution in [0.4, 0.5) is 0 Å². The number of methoxy groups -OCH3 is 2. The molecule has 5 rings (SSSR count). The van der Waals surface area contributed by atoms with Crippen LogP contribution in [-0.2, 0) is 16.1 Å². The number of esters is 1. The number of carbonyl (C=O) groups is 2. The highest BCUT2D eigenvalue weighted by molar-refractivity contribution is 5.92. The minimum absolute atomic E-state index is 0.0717. The third-order valence-corrected chi connectivity index (χ3v) is 7.91. The zero-order valence-corrected chi connectivity index (χ0v) is 23.9. The Balaban J connectivity index is 1.20. The number of fused-ring (bicyclic) bond motifs is 1. The van der Waals surface area contributed by atoms with Crippen LogP contribution < -0.4 is 14.8 Å². The fourth-order valence-corrected chi connectivity index (χ4v) is 5.64. The number of pyridine rings is 1. The van der Waals surface area contributed by atoms with Gasteiger partial charge in [0.2, 0.25) is 0 Å². The Bertz CT molecular complexity index is 1500. The normalized spacial score (nSPS) is 16.8. The van der Waals surface area contributed by atoms with Gasteiger partial charge in [-0.05, 0) is 91.0 Å². The smallest absolute Gasteiger partial charge is 0.306 e. The van der Waals surface area contributed by atoms with Gasteiger partial charge in [-0.15, -0.1) is 0 Å². The van der Waals surface area contributed by atoms with Crippen LogP contribution >= 0.6 is 0 Å². The van der Waals surface area contributed by atoms with E-state index in [-0.39, 0.29) is 11.9 Å². The third kappa shape index (κ3) is 6.70. The second-order valence-electron chi connectivity index (χ2n) is 10.5. The summed E-state index contributed by atoms with van der Waals surface area (Å²) in [6, 6.07) is 18.3. The van der Waals surface area contributed by atoms with E-state index in [2.05, 4.69) is 34.6 Å². The second-order valence-corrected chi connectivity index (χ2v) is 10.5. The summed E-state index contributed by atoms with van der Waals surface area (Å²) in [6.07, 6.45) is 8.62. The van der Waals surface area contributed by atoms with E-state index in [9.17, 15) is 9.59 Å². The Morgan fingerprint density at radius 2 is 1.63 bits per heavy atom. The highest BCUT2D eigenvalue weighted by Crippen LogP contribution is 2.38. The van der Waals surface area contributed by atoms with Crippen molar-refractivity contribution < 1.29 is 23.8 Å². The van der Waals surface area contributed by atoms with Crippen LogP contribution in [0.15, 0.2) is 67.0 Å². The maximum Gasteiger partial charge on any atom is 0.306 e. The van der Waals surface area contributed by atoms with Crippen LogP contribution in [0.2, 0.25) is 0 Å². The average Bonchev–Trinajstić information content (AvgIpc) is 3.44. The molecule has 1 amide bonds. The SMILES string of the molecule is CCOC(=O)C[C@H]1CC[C@H](c2ccc(-c3ccc4nc(C(=O)NCc5ccc(OC)c(OC)c5)cn4c3)cc2)CC1. The number of aromatic nitrogens is 2. The van der Waals surface area contributed by atoms with Crippen LogP contribution in [0.25, 0.3) is 16.8 Å². The number of nitrogens with one attached hydrogen (secondary N) is 1. The van der Waals surface area contributed by atoms with E-state index in [1.165, 1.54) is 5.56 Å². The van der Waals surface area contributed by atoms with Crippen LogP contribution in [0.5, 0.6) is 11.5 Å². The molecule has 0 radical (unpaired) electrons. The van der Waals surface area contributed by atoms with Crippen molar-refractivity contribution in [3.8, 4) is 22.6 Å². The van der Waals surface area contributed by atoms with E-state index in [4.69, 9.17) is 14.2 Å². The Morgan fingerprint density at radius 3 is 2.34 bits per heavy atom. The summed E-state index contributed by atoms with van der Waals surface area (Å²) < 4.78 is 17.6. The van der Waals surface area contributed by atoms with Gasteiger partial charge in [0.25, 0.3) is 5.91 Å². The fraction of sp³-hybridized carbons (Fsp3) is 0.364. The van der Waals surface area contributed by atoms with E-state index < -0.39 is 0 Å². The monoisotopic (exact) mass is 555 g/mol. The first-order valence-corrected chi connectivity index (χ1v) is 14.2. The van der Waals surface area contributed by atoms with E-state index in [1.54, 1.807) is 20.4 Å². The zero-order valence-electron chi connectivity index (χ0n) is 23.9. The maximum absolute atomic E-state index is 12.8. The molecule has 0 unspecified atom stereocenters. The van der Waals surface area contributed by atoms with Gasteiger partial charge < -0.3 is 23.9 Å². The number of amides is 1. The molecule has 0 atom stereocenters. The second kappa shape index (κ2) is 12.9. The van der Waals surface area contributed by atoms with Gasteiger partial charge in [-0.25, -0.2) is 4.98 Å². The minimum atomic E-state index is -0.244. The zero-order chi connectivity index (χ0) is 28.8. The van der Waals surface area contributed by atoms with Gasteiger partial charge in [0.05, 0.1) is 20.8 Å². The van der Waals surface area contributed by atoms with Crippen molar-refractivity contribution in [2.75, 3.05) is 20.8 Å². The molecular formula is C33H37N3O5. The van der Waals surface area contributed by atoms with E-state index in [1.807, 2.05) is 47.9 Å². The number of benzene rings is 2. The molecule has 214 valence electrons. The molecule has 1 aliphatic rings. The lowest BCUT2D eigenvalue weighted by atomic mass is 9.77. The number of carbonyl (C=O) groups excluding carboxylic acids is 2. The van der Waals surface area contributed by atoms with Gasteiger partial charge in [0.1, 0.15) is 11.3 Å². The Morgan fingerprint density at radius 1 is 0.902 bits per heavy atom. The standard InChI is InChI=1S/C33H37N3O5/c1-4-41-32(37)18-22-5-8-24(9-6-22)25-10-12-26(13-11-25)27-14-16-31-35-28(21-36(31)20-27)33(38)34-19-23-7-15-29(39-2)30(17-23)40-3/h7,10-17,20-22,24H,4-6,8-9,18-19H2,1-3H3,(H,34,38)/t22-,24-. The first-order valence-electron chi connectivity index (χ1n) is 14.2. The van der Waals surface area contributed by atoms with Crippen molar-refractivity contribution in [2.24, 2.45) is 5.92 Å². The predicted molar refractivity (Wildman–Crippen MR) is 157 cm³/mol. The quantitative estimate of drug-likeness (QED) is 0.235. The summed E-state index contributed by atoms with van der Waals surface area (Å²) in [5.41, 5.74) is 5.48. The molecule has 0 saturated heterocycles. The molecular weight excluding hydrogens is 518 g/mol. The molecule has 2 heterocycles. The van der Waals surface area contributed by atoms with E-state index in [0.717, 1.165) is 42.4 Å². The molecule has 8 nitrogen and oxygen atoms in total. The minimum Gasteiger partial charge on any atom is -0.493 e. The van der Waals surface area contributed by atoms with Crippen molar-refractivity contribution in [1.82, 2.24) is 14.7 Å². The highest BCUT2D eigenvalue weighted by Gasteiger charge is 2.24. The van der Waals surface area contributed by atoms with Gasteiger partial charge in [0, 0.05) is 25.4 Å². The largest absolute Gasteiger partial charge is 0.493 e. The van der Waals surface area contributed by atoms with Crippen LogP contribution in [0.3, 0.4) is 0 Å². The van der Waals surface area contributed by atoms with Gasteiger partial charge in [-0.3, -0.25) is 9.59 Å². The van der Waals surface area contributed by atoms with Crippen molar-refractivity contribution in [3.05, 3.63) is 83.8 Å². The maximum atomic E-state index is 12.8. The van der Waals surface area contributed by atoms with Crippen molar-refractivity contribution >= 4 is 17.5 Å². The molecule has 2 aromatic carbocycles. The lowest BCUT2D eigenvalue weighted by molar-refractivity contribution is -0.144. The Kier molecular flexibility index (Phi) is 8.87. The molecule has 0 aliphatic heterocycles. The lowest BCUT2D eigenvalue weighted by Gasteiger charge is -2.28. The number of hydrogen-bond acceptors (Lipinski definition) is 6. The van der Waals surface area contributed by atoms with Gasteiger partial charge >= 0.3 is 5.97 Å². The average molecular weight is 556 g/mol. The summed E-state index contributed by atoms with van der Waals surface area (Å²) in [7, 11) is 3.18. The molecule has 1 fully saturated rings. The molecule has 2 aromatic heterocycles. The van der Waals surface area contributed by atoms with Crippen molar-refractivity contribution in [2.45, 2.75) is 51.5 Å². The fourth-order valence-electron chi connectivity index (χ4n) is 5.64. The number of hydrogen-bond donors (Lipinski definition) is 1. The van der Waals surface area contributed by atoms with Crippen LogP contribution in [0.1, 0.15) is 66.6 Å². The number of rotatable bonds is 10. The van der Waals surface area contributed by atoms with Gasteiger partial charge in [0.15, 0.2) is 11.5 Å². The third-order valence-electron chi connectivity index (χ3n) is 7.91. The molecule has 0 spiro atoms. The molecule has 1 N–H and O–H groups in total. The number of nitrogens with zero attached hydrogens (tertiary/aromatic N) is 2. The van der Waals surface area contributed by atoms with Gasteiger partial charge in [-0.2, -0.15) is 0 Å². The topological polar surface area (TPSA) is 91.2 Å². The summed E-state index contributed by atoms with van der Waals surface area (Å²) in [4.78, 5) is 29.2. The molecule has 1 saturated carbocycles. The Labute approximate surface area is 240 Å². The molecule has 8 heteroatoms. The van der Waals surface area contributed by atoms with E-state index in [0.29, 0.717) is 54.2 Å². The van der Waals surface area contributed by atoms with Crippen molar-refractivity contribution in [1.29, 1.82) is 0 Å². The van der Waals surface area contributed by atoms with Crippen LogP contribution in [-0.4, -0.2) is 42.1 Å². The first-order chi connectivity index (χ1) is 20.0. The molecule has 41 heavy (non-hydrogen) atoms. The number of ether oxygens (including phenoxy) is 3. The highest BCUT2D eigenvalue weighted by atomic mass is 16.5. The predicted octanol–water partition coefficient (Wildman–Crippen LogP) is 6.18. The van der Waals surface area contributed by atoms with Crippen molar-refractivity contribution in [3.63, 3.8) is 0 Å². The van der Waals surface area contributed by atoms with E-state index >= 15 is 0 Å². The Hall–Kier alpha value is -4.33. The van der Waals surface area contributed by atoms with Crippen LogP contribution in [0, 0.1) is 5.92 Å². The first kappa shape index (κ1) is 28.2. The number of imidazole rings is 1. The summed E-state index contributed by atoms with van der Waals surface area (Å²) in [5, 5.41) is 2.93. The van der Waals surface area contributed by atoms with Gasteiger partial charge in [-0.1, -0.05) is 30.3 Å².